The normalized spacial score (nSPS) is 11.8. The van der Waals surface area contributed by atoms with Gasteiger partial charge in [0.25, 0.3) is 5.56 Å². The van der Waals surface area contributed by atoms with Gasteiger partial charge in [0, 0.05) is 6.07 Å². The number of nitrogens with one attached hydrogen (secondary N) is 1. The molecule has 0 unspecified atom stereocenters. The van der Waals surface area contributed by atoms with Crippen molar-refractivity contribution < 1.29 is 35.1 Å². The molecule has 2 rings (SSSR count). The molecular formula is C11H2F8N2O2. The Morgan fingerprint density at radius 3 is 1.65 bits per heavy atom. The number of alkyl halides is 3. The van der Waals surface area contributed by atoms with Crippen LogP contribution >= 0.6 is 0 Å². The second kappa shape index (κ2) is 5.21. The van der Waals surface area contributed by atoms with Gasteiger partial charge < -0.3 is 4.98 Å². The summed E-state index contributed by atoms with van der Waals surface area (Å²) in [6.45, 7) is 0. The lowest BCUT2D eigenvalue weighted by molar-refractivity contribution is -0.141. The van der Waals surface area contributed by atoms with Gasteiger partial charge in [0.15, 0.2) is 23.3 Å². The minimum atomic E-state index is -5.17. The van der Waals surface area contributed by atoms with Crippen molar-refractivity contribution in [2.45, 2.75) is 6.18 Å². The maximum absolute atomic E-state index is 13.5. The van der Waals surface area contributed by atoms with Gasteiger partial charge in [-0.3, -0.25) is 4.79 Å². The van der Waals surface area contributed by atoms with Crippen LogP contribution in [-0.2, 0) is 6.18 Å². The first kappa shape index (κ1) is 16.7. The fourth-order valence-corrected chi connectivity index (χ4v) is 1.65. The number of aromatic nitrogens is 2. The molecule has 0 amide bonds. The van der Waals surface area contributed by atoms with Crippen LogP contribution in [0.25, 0.3) is 5.69 Å². The van der Waals surface area contributed by atoms with Crippen molar-refractivity contribution in [1.29, 1.82) is 0 Å². The van der Waals surface area contributed by atoms with E-state index in [9.17, 15) is 44.7 Å². The zero-order valence-corrected chi connectivity index (χ0v) is 10.4. The summed E-state index contributed by atoms with van der Waals surface area (Å²) in [5.74, 6) is -12.6. The highest BCUT2D eigenvalue weighted by Gasteiger charge is 2.34. The summed E-state index contributed by atoms with van der Waals surface area (Å²) in [5.41, 5.74) is -7.81. The van der Waals surface area contributed by atoms with Gasteiger partial charge in [-0.25, -0.2) is 31.3 Å². The van der Waals surface area contributed by atoms with Crippen molar-refractivity contribution >= 4 is 0 Å². The molecule has 1 N–H and O–H groups in total. The molecule has 23 heavy (non-hydrogen) atoms. The monoisotopic (exact) mass is 346 g/mol. The van der Waals surface area contributed by atoms with Crippen LogP contribution in [0.5, 0.6) is 0 Å². The SMILES string of the molecule is O=c1cc(C(F)(F)F)[nH]c(=O)n1-c1c(F)c(F)c(F)c(F)c1F. The summed E-state index contributed by atoms with van der Waals surface area (Å²) in [7, 11) is 0. The predicted molar refractivity (Wildman–Crippen MR) is 57.5 cm³/mol. The van der Waals surface area contributed by atoms with Crippen LogP contribution in [0.1, 0.15) is 5.69 Å². The van der Waals surface area contributed by atoms with E-state index in [4.69, 9.17) is 0 Å². The van der Waals surface area contributed by atoms with Crippen molar-refractivity contribution in [3.63, 3.8) is 0 Å². The van der Waals surface area contributed by atoms with Crippen molar-refractivity contribution in [2.24, 2.45) is 0 Å². The molecule has 1 aromatic heterocycles. The first-order valence-electron chi connectivity index (χ1n) is 5.42. The summed E-state index contributed by atoms with van der Waals surface area (Å²) in [6, 6.07) is -0.264. The van der Waals surface area contributed by atoms with Crippen molar-refractivity contribution in [3.8, 4) is 5.69 Å². The summed E-state index contributed by atoms with van der Waals surface area (Å²) >= 11 is 0. The van der Waals surface area contributed by atoms with Gasteiger partial charge in [0.05, 0.1) is 0 Å². The molecule has 0 aliphatic carbocycles. The minimum Gasteiger partial charge on any atom is -0.303 e. The lowest BCUT2D eigenvalue weighted by Gasteiger charge is -2.11. The summed E-state index contributed by atoms with van der Waals surface area (Å²) in [4.78, 5) is 24.0. The molecule has 0 saturated heterocycles. The van der Waals surface area contributed by atoms with Crippen molar-refractivity contribution in [2.75, 3.05) is 0 Å². The van der Waals surface area contributed by atoms with E-state index < -0.39 is 62.5 Å². The molecule has 12 heteroatoms. The van der Waals surface area contributed by atoms with Crippen molar-refractivity contribution in [1.82, 2.24) is 9.55 Å². The number of rotatable bonds is 1. The molecule has 0 aliphatic rings. The topological polar surface area (TPSA) is 54.9 Å². The van der Waals surface area contributed by atoms with Crippen LogP contribution in [0, 0.1) is 29.1 Å². The zero-order valence-electron chi connectivity index (χ0n) is 10.4. The summed E-state index contributed by atoms with van der Waals surface area (Å²) in [5, 5.41) is 0. The van der Waals surface area contributed by atoms with E-state index in [0.29, 0.717) is 0 Å². The van der Waals surface area contributed by atoms with Gasteiger partial charge in [0.1, 0.15) is 11.4 Å². The fourth-order valence-electron chi connectivity index (χ4n) is 1.65. The molecule has 1 heterocycles. The predicted octanol–water partition coefficient (Wildman–Crippen LogP) is 2.24. The minimum absolute atomic E-state index is 0.264. The Morgan fingerprint density at radius 1 is 0.826 bits per heavy atom. The van der Waals surface area contributed by atoms with E-state index in [2.05, 4.69) is 0 Å². The number of H-pyrrole nitrogens is 1. The Balaban J connectivity index is 2.91. The average molecular weight is 346 g/mol. The lowest BCUT2D eigenvalue weighted by Crippen LogP contribution is -2.37. The molecule has 0 atom stereocenters. The second-order valence-corrected chi connectivity index (χ2v) is 4.08. The van der Waals surface area contributed by atoms with Gasteiger partial charge in [-0.2, -0.15) is 13.2 Å². The molecule has 0 fully saturated rings. The molecule has 0 spiro atoms. The fraction of sp³-hybridized carbons (Fsp3) is 0.0909. The highest BCUT2D eigenvalue weighted by Crippen LogP contribution is 2.27. The number of aromatic amines is 1. The molecule has 2 aromatic rings. The highest BCUT2D eigenvalue weighted by molar-refractivity contribution is 5.37. The quantitative estimate of drug-likeness (QED) is 0.489. The number of nitrogens with zero attached hydrogens (tertiary/aromatic N) is 1. The van der Waals surface area contributed by atoms with Gasteiger partial charge in [-0.1, -0.05) is 0 Å². The van der Waals surface area contributed by atoms with Gasteiger partial charge in [-0.05, 0) is 0 Å². The number of halogens is 8. The standard InChI is InChI=1S/C11H2F8N2O2/c12-4-5(13)7(15)9(8(16)6(4)14)21-3(22)1-2(11(17,18)19)20-10(21)23/h1H,(H,20,23). The van der Waals surface area contributed by atoms with E-state index >= 15 is 0 Å². The summed E-state index contributed by atoms with van der Waals surface area (Å²) < 4.78 is 103. The van der Waals surface area contributed by atoms with Gasteiger partial charge in [0.2, 0.25) is 5.82 Å². The molecule has 0 bridgehead atoms. The maximum Gasteiger partial charge on any atom is 0.431 e. The van der Waals surface area contributed by atoms with E-state index in [1.54, 1.807) is 0 Å². The maximum atomic E-state index is 13.5. The number of benzene rings is 1. The Hall–Kier alpha value is -2.66. The largest absolute Gasteiger partial charge is 0.431 e. The summed E-state index contributed by atoms with van der Waals surface area (Å²) in [6.07, 6.45) is -5.17. The zero-order chi connectivity index (χ0) is 17.7. The third-order valence-corrected chi connectivity index (χ3v) is 2.65. The van der Waals surface area contributed by atoms with Crippen LogP contribution in [-0.4, -0.2) is 9.55 Å². The van der Waals surface area contributed by atoms with Crippen LogP contribution < -0.4 is 11.2 Å². The first-order valence-corrected chi connectivity index (χ1v) is 5.42. The van der Waals surface area contributed by atoms with Crippen LogP contribution in [0.2, 0.25) is 0 Å². The van der Waals surface area contributed by atoms with E-state index in [-0.39, 0.29) is 6.07 Å². The van der Waals surface area contributed by atoms with Gasteiger partial charge >= 0.3 is 11.9 Å². The Morgan fingerprint density at radius 2 is 1.26 bits per heavy atom. The first-order chi connectivity index (χ1) is 10.5. The molecule has 0 aliphatic heterocycles. The third kappa shape index (κ3) is 2.59. The molecule has 1 aromatic carbocycles. The van der Waals surface area contributed by atoms with E-state index in [0.717, 1.165) is 4.98 Å². The Kier molecular flexibility index (Phi) is 3.78. The third-order valence-electron chi connectivity index (χ3n) is 2.65. The Bertz CT molecular complexity index is 852. The molecule has 0 saturated carbocycles. The average Bonchev–Trinajstić information content (AvgIpc) is 2.44. The Labute approximate surface area is 119 Å². The lowest BCUT2D eigenvalue weighted by atomic mass is 10.2. The van der Waals surface area contributed by atoms with Crippen molar-refractivity contribution in [3.05, 3.63) is 61.7 Å². The van der Waals surface area contributed by atoms with E-state index in [1.165, 1.54) is 0 Å². The number of hydrogen-bond donors (Lipinski definition) is 1. The van der Waals surface area contributed by atoms with Crippen LogP contribution in [0.4, 0.5) is 35.1 Å². The molecule has 0 radical (unpaired) electrons. The molecule has 124 valence electrons. The van der Waals surface area contributed by atoms with Crippen LogP contribution in [0.3, 0.4) is 0 Å². The second-order valence-electron chi connectivity index (χ2n) is 4.08. The van der Waals surface area contributed by atoms with Crippen LogP contribution in [0.15, 0.2) is 15.7 Å². The smallest absolute Gasteiger partial charge is 0.303 e. The van der Waals surface area contributed by atoms with E-state index in [1.807, 2.05) is 0 Å². The molecular weight excluding hydrogens is 344 g/mol. The number of hydrogen-bond acceptors (Lipinski definition) is 2. The van der Waals surface area contributed by atoms with Gasteiger partial charge in [-0.15, -0.1) is 0 Å². The highest BCUT2D eigenvalue weighted by atomic mass is 19.4. The molecule has 4 nitrogen and oxygen atoms in total.